The molecule has 18 heavy (non-hydrogen) atoms. The summed E-state index contributed by atoms with van der Waals surface area (Å²) in [6.45, 7) is 0.817. The van der Waals surface area contributed by atoms with Gasteiger partial charge in [-0.3, -0.25) is 4.40 Å². The van der Waals surface area contributed by atoms with Crippen LogP contribution in [0.25, 0.3) is 10.8 Å². The number of aromatic nitrogens is 5. The van der Waals surface area contributed by atoms with Gasteiger partial charge in [-0.15, -0.1) is 11.3 Å². The van der Waals surface area contributed by atoms with E-state index in [1.807, 2.05) is 5.38 Å². The lowest BCUT2D eigenvalue weighted by atomic mass is 10.4. The van der Waals surface area contributed by atoms with Crippen LogP contribution in [0.4, 0.5) is 0 Å². The minimum atomic E-state index is 0.679. The first kappa shape index (κ1) is 10.2. The maximum Gasteiger partial charge on any atom is 0.196 e. The third-order valence-corrected chi connectivity index (χ3v) is 3.87. The molecule has 0 amide bonds. The summed E-state index contributed by atoms with van der Waals surface area (Å²) < 4.78 is 3.85. The van der Waals surface area contributed by atoms with Gasteiger partial charge in [0.1, 0.15) is 12.7 Å². The Balaban J connectivity index is 1.79. The number of hydrogen-bond acceptors (Lipinski definition) is 5. The molecule has 6 nitrogen and oxygen atoms in total. The highest BCUT2D eigenvalue weighted by atomic mass is 32.1. The molecule has 0 unspecified atom stereocenters. The van der Waals surface area contributed by atoms with E-state index >= 15 is 0 Å². The van der Waals surface area contributed by atoms with E-state index in [4.69, 9.17) is 0 Å². The van der Waals surface area contributed by atoms with Crippen molar-refractivity contribution < 1.29 is 0 Å². The third-order valence-electron chi connectivity index (χ3n) is 3.11. The van der Waals surface area contributed by atoms with Crippen molar-refractivity contribution in [2.75, 3.05) is 0 Å². The fraction of sp³-hybridized carbons (Fsp3) is 0.364. The van der Waals surface area contributed by atoms with Gasteiger partial charge in [0, 0.05) is 24.2 Å². The first-order valence-electron chi connectivity index (χ1n) is 5.94. The van der Waals surface area contributed by atoms with Crippen LogP contribution >= 0.6 is 11.3 Å². The zero-order chi connectivity index (χ0) is 11.9. The van der Waals surface area contributed by atoms with Gasteiger partial charge in [0.2, 0.25) is 0 Å². The second-order valence-electron chi connectivity index (χ2n) is 4.43. The van der Waals surface area contributed by atoms with Gasteiger partial charge >= 0.3 is 0 Å². The summed E-state index contributed by atoms with van der Waals surface area (Å²) in [6.07, 6.45) is 7.84. The molecule has 0 bridgehead atoms. The average molecular weight is 260 g/mol. The number of fused-ring (bicyclic) bond motifs is 1. The van der Waals surface area contributed by atoms with E-state index in [9.17, 15) is 0 Å². The molecule has 0 spiro atoms. The highest BCUT2D eigenvalue weighted by Crippen LogP contribution is 2.23. The summed E-state index contributed by atoms with van der Waals surface area (Å²) in [5.41, 5.74) is 1.14. The standard InChI is InChI=1S/C11H12N6S/c1-2-8(1)13-5-9-10(17-7-12-6-14-17)15-11-16(9)3-4-18-11/h3-4,6-8,13H,1-2,5H2. The van der Waals surface area contributed by atoms with E-state index in [0.29, 0.717) is 6.04 Å². The van der Waals surface area contributed by atoms with Crippen molar-refractivity contribution >= 4 is 16.3 Å². The van der Waals surface area contributed by atoms with E-state index < -0.39 is 0 Å². The normalized spacial score (nSPS) is 15.6. The zero-order valence-electron chi connectivity index (χ0n) is 9.65. The summed E-state index contributed by atoms with van der Waals surface area (Å²) in [7, 11) is 0. The van der Waals surface area contributed by atoms with Gasteiger partial charge in [0.15, 0.2) is 10.8 Å². The predicted octanol–water partition coefficient (Wildman–Crippen LogP) is 1.23. The van der Waals surface area contributed by atoms with Crippen LogP contribution in [0.15, 0.2) is 24.2 Å². The van der Waals surface area contributed by atoms with Crippen LogP contribution in [0.5, 0.6) is 0 Å². The van der Waals surface area contributed by atoms with E-state index in [0.717, 1.165) is 23.0 Å². The van der Waals surface area contributed by atoms with Gasteiger partial charge in [-0.1, -0.05) is 0 Å². The van der Waals surface area contributed by atoms with Crippen LogP contribution in [0.2, 0.25) is 0 Å². The average Bonchev–Trinajstić information content (AvgIpc) is 2.83. The Morgan fingerprint density at radius 3 is 3.17 bits per heavy atom. The quantitative estimate of drug-likeness (QED) is 0.766. The Bertz CT molecular complexity index is 663. The Kier molecular flexibility index (Phi) is 2.21. The highest BCUT2D eigenvalue weighted by molar-refractivity contribution is 7.15. The number of hydrogen-bond donors (Lipinski definition) is 1. The lowest BCUT2D eigenvalue weighted by Crippen LogP contribution is -2.18. The zero-order valence-corrected chi connectivity index (χ0v) is 10.5. The highest BCUT2D eigenvalue weighted by Gasteiger charge is 2.22. The number of imidazole rings is 1. The summed E-state index contributed by atoms with van der Waals surface area (Å²) in [6, 6.07) is 0.679. The van der Waals surface area contributed by atoms with Gasteiger partial charge in [-0.2, -0.15) is 10.1 Å². The lowest BCUT2D eigenvalue weighted by Gasteiger charge is -2.04. The minimum absolute atomic E-state index is 0.679. The summed E-state index contributed by atoms with van der Waals surface area (Å²) in [4.78, 5) is 9.60. The Labute approximate surface area is 107 Å². The molecule has 1 aliphatic carbocycles. The topological polar surface area (TPSA) is 60.0 Å². The molecule has 0 saturated heterocycles. The van der Waals surface area contributed by atoms with Gasteiger partial charge in [0.25, 0.3) is 0 Å². The molecule has 0 aliphatic heterocycles. The summed E-state index contributed by atoms with van der Waals surface area (Å²) >= 11 is 1.63. The molecule has 4 rings (SSSR count). The molecule has 7 heteroatoms. The molecule has 1 aliphatic rings. The third kappa shape index (κ3) is 1.63. The molecule has 3 heterocycles. The largest absolute Gasteiger partial charge is 0.308 e. The summed E-state index contributed by atoms with van der Waals surface area (Å²) in [5, 5.41) is 9.75. The Morgan fingerprint density at radius 1 is 1.44 bits per heavy atom. The Morgan fingerprint density at radius 2 is 2.39 bits per heavy atom. The molecule has 0 atom stereocenters. The fourth-order valence-electron chi connectivity index (χ4n) is 2.01. The minimum Gasteiger partial charge on any atom is -0.308 e. The molecule has 1 N–H and O–H groups in total. The molecular weight excluding hydrogens is 248 g/mol. The fourth-order valence-corrected chi connectivity index (χ4v) is 2.74. The second kappa shape index (κ2) is 3.89. The van der Waals surface area contributed by atoms with Crippen molar-refractivity contribution in [2.45, 2.75) is 25.4 Å². The molecule has 0 radical (unpaired) electrons. The van der Waals surface area contributed by atoms with E-state index in [2.05, 4.69) is 31.0 Å². The van der Waals surface area contributed by atoms with Crippen molar-refractivity contribution in [1.82, 2.24) is 29.5 Å². The van der Waals surface area contributed by atoms with E-state index in [1.54, 1.807) is 22.3 Å². The van der Waals surface area contributed by atoms with Crippen LogP contribution in [0.1, 0.15) is 18.5 Å². The number of rotatable bonds is 4. The molecule has 1 saturated carbocycles. The molecule has 3 aromatic rings. The lowest BCUT2D eigenvalue weighted by molar-refractivity contribution is 0.663. The molecule has 1 fully saturated rings. The van der Waals surface area contributed by atoms with E-state index in [-0.39, 0.29) is 0 Å². The van der Waals surface area contributed by atoms with Crippen molar-refractivity contribution in [3.05, 3.63) is 29.9 Å². The molecule has 92 valence electrons. The summed E-state index contributed by atoms with van der Waals surface area (Å²) in [5.74, 6) is 0.868. The van der Waals surface area contributed by atoms with Crippen LogP contribution in [-0.4, -0.2) is 30.2 Å². The Hall–Kier alpha value is -1.73. The van der Waals surface area contributed by atoms with Crippen molar-refractivity contribution in [3.63, 3.8) is 0 Å². The first-order valence-corrected chi connectivity index (χ1v) is 6.82. The molecule has 3 aromatic heterocycles. The maximum atomic E-state index is 4.62. The maximum absolute atomic E-state index is 4.62. The smallest absolute Gasteiger partial charge is 0.196 e. The van der Waals surface area contributed by atoms with Crippen molar-refractivity contribution in [1.29, 1.82) is 0 Å². The van der Waals surface area contributed by atoms with Gasteiger partial charge in [-0.25, -0.2) is 9.67 Å². The second-order valence-corrected chi connectivity index (χ2v) is 5.31. The number of nitrogens with one attached hydrogen (secondary N) is 1. The van der Waals surface area contributed by atoms with Gasteiger partial charge in [-0.05, 0) is 12.8 Å². The molecular formula is C11H12N6S. The SMILES string of the molecule is c1ncn(-c2nc3sccn3c2CNC2CC2)n1. The van der Waals surface area contributed by atoms with Crippen molar-refractivity contribution in [3.8, 4) is 5.82 Å². The van der Waals surface area contributed by atoms with Crippen LogP contribution < -0.4 is 5.32 Å². The number of thiazole rings is 1. The first-order chi connectivity index (χ1) is 8.92. The predicted molar refractivity (Wildman–Crippen MR) is 67.8 cm³/mol. The van der Waals surface area contributed by atoms with Crippen molar-refractivity contribution in [2.24, 2.45) is 0 Å². The number of nitrogens with zero attached hydrogens (tertiary/aromatic N) is 5. The monoisotopic (exact) mass is 260 g/mol. The van der Waals surface area contributed by atoms with Gasteiger partial charge in [0.05, 0.1) is 5.69 Å². The molecule has 0 aromatic carbocycles. The van der Waals surface area contributed by atoms with E-state index in [1.165, 1.54) is 19.2 Å². The van der Waals surface area contributed by atoms with Crippen LogP contribution in [0.3, 0.4) is 0 Å². The van der Waals surface area contributed by atoms with Gasteiger partial charge < -0.3 is 5.32 Å². The van der Waals surface area contributed by atoms with Crippen LogP contribution in [0, 0.1) is 0 Å². The van der Waals surface area contributed by atoms with Crippen LogP contribution in [-0.2, 0) is 6.54 Å².